The molecule has 0 aromatic heterocycles. The van der Waals surface area contributed by atoms with Crippen LogP contribution in [0.15, 0.2) is 35.9 Å². The Morgan fingerprint density at radius 2 is 1.78 bits per heavy atom. The summed E-state index contributed by atoms with van der Waals surface area (Å²) in [6, 6.07) is 7.65. The number of aromatic hydroxyl groups is 1. The van der Waals surface area contributed by atoms with Gasteiger partial charge in [0, 0.05) is 5.56 Å². The first-order chi connectivity index (χ1) is 12.7. The molecule has 2 N–H and O–H groups in total. The minimum Gasteiger partial charge on any atom is -0.506 e. The minimum absolute atomic E-state index is 0.103. The number of allylic oxidation sites excluding steroid dienone is 1. The second kappa shape index (κ2) is 8.40. The summed E-state index contributed by atoms with van der Waals surface area (Å²) >= 11 is 0. The van der Waals surface area contributed by atoms with Gasteiger partial charge in [0.1, 0.15) is 23.9 Å². The van der Waals surface area contributed by atoms with Gasteiger partial charge in [0.05, 0.1) is 23.8 Å². The molecule has 0 bridgehead atoms. The molecule has 6 nitrogen and oxygen atoms in total. The van der Waals surface area contributed by atoms with E-state index in [0.717, 1.165) is 5.57 Å². The summed E-state index contributed by atoms with van der Waals surface area (Å²) in [6.07, 6.45) is 1.74. The van der Waals surface area contributed by atoms with Gasteiger partial charge >= 0.3 is 5.97 Å². The fourth-order valence-electron chi connectivity index (χ4n) is 2.58. The Morgan fingerprint density at radius 1 is 1.07 bits per heavy atom. The van der Waals surface area contributed by atoms with Crippen LogP contribution in [-0.2, 0) is 6.61 Å². The van der Waals surface area contributed by atoms with Crippen molar-refractivity contribution in [1.82, 2.24) is 0 Å². The maximum absolute atomic E-state index is 11.7. The van der Waals surface area contributed by atoms with Gasteiger partial charge in [0.15, 0.2) is 5.78 Å². The molecular weight excluding hydrogens is 348 g/mol. The number of ether oxygens (including phenoxy) is 2. The summed E-state index contributed by atoms with van der Waals surface area (Å²) in [5.74, 6) is -0.620. The highest BCUT2D eigenvalue weighted by molar-refractivity contribution is 5.98. The number of rotatable bonds is 7. The van der Waals surface area contributed by atoms with E-state index in [1.807, 2.05) is 13.8 Å². The zero-order chi connectivity index (χ0) is 20.1. The van der Waals surface area contributed by atoms with E-state index in [2.05, 4.69) is 0 Å². The highest BCUT2D eigenvalue weighted by atomic mass is 16.5. The number of carboxylic acids is 1. The second-order valence-electron chi connectivity index (χ2n) is 6.27. The van der Waals surface area contributed by atoms with E-state index in [1.165, 1.54) is 32.2 Å². The first-order valence-corrected chi connectivity index (χ1v) is 8.29. The Labute approximate surface area is 157 Å². The van der Waals surface area contributed by atoms with Crippen LogP contribution in [0.2, 0.25) is 0 Å². The van der Waals surface area contributed by atoms with Gasteiger partial charge in [-0.1, -0.05) is 11.6 Å². The first-order valence-electron chi connectivity index (χ1n) is 8.29. The molecule has 0 amide bonds. The number of hydrogen-bond acceptors (Lipinski definition) is 5. The van der Waals surface area contributed by atoms with Crippen LogP contribution in [-0.4, -0.2) is 29.1 Å². The van der Waals surface area contributed by atoms with Gasteiger partial charge in [-0.3, -0.25) is 4.79 Å². The molecule has 0 radical (unpaired) electrons. The molecule has 0 aliphatic carbocycles. The molecule has 2 aromatic rings. The molecule has 0 heterocycles. The Balaban J connectivity index is 2.38. The van der Waals surface area contributed by atoms with Crippen LogP contribution in [0.4, 0.5) is 0 Å². The van der Waals surface area contributed by atoms with Crippen LogP contribution in [0, 0.1) is 0 Å². The molecule has 0 aliphatic rings. The molecule has 0 unspecified atom stereocenters. The molecule has 0 aliphatic heterocycles. The Kier molecular flexibility index (Phi) is 6.23. The van der Waals surface area contributed by atoms with Gasteiger partial charge in [0.2, 0.25) is 0 Å². The molecule has 0 saturated heterocycles. The van der Waals surface area contributed by atoms with E-state index < -0.39 is 5.97 Å². The van der Waals surface area contributed by atoms with E-state index in [9.17, 15) is 14.7 Å². The number of ketones is 1. The van der Waals surface area contributed by atoms with Gasteiger partial charge in [0.25, 0.3) is 0 Å². The highest BCUT2D eigenvalue weighted by Gasteiger charge is 2.16. The van der Waals surface area contributed by atoms with Crippen LogP contribution in [0.5, 0.6) is 17.2 Å². The van der Waals surface area contributed by atoms with Crippen molar-refractivity contribution in [3.63, 3.8) is 0 Å². The van der Waals surface area contributed by atoms with E-state index in [-0.39, 0.29) is 29.3 Å². The van der Waals surface area contributed by atoms with Crippen LogP contribution in [0.1, 0.15) is 52.6 Å². The SMILES string of the molecule is COc1cc(C(=O)O)ccc1COc1ccc(C(C)=O)c(O)c1C=C(C)C. The van der Waals surface area contributed by atoms with Gasteiger partial charge in [-0.2, -0.15) is 0 Å². The van der Waals surface area contributed by atoms with Crippen molar-refractivity contribution in [1.29, 1.82) is 0 Å². The van der Waals surface area contributed by atoms with E-state index in [1.54, 1.807) is 18.2 Å². The van der Waals surface area contributed by atoms with Crippen molar-refractivity contribution in [2.45, 2.75) is 27.4 Å². The van der Waals surface area contributed by atoms with Crippen LogP contribution >= 0.6 is 0 Å². The van der Waals surface area contributed by atoms with Crippen LogP contribution in [0.25, 0.3) is 6.08 Å². The number of carboxylic acid groups (broad SMARTS) is 1. The van der Waals surface area contributed by atoms with Gasteiger partial charge in [-0.05, 0) is 51.1 Å². The van der Waals surface area contributed by atoms with E-state index >= 15 is 0 Å². The van der Waals surface area contributed by atoms with Crippen LogP contribution in [0.3, 0.4) is 0 Å². The Bertz CT molecular complexity index is 907. The average molecular weight is 370 g/mol. The molecule has 0 spiro atoms. The molecule has 27 heavy (non-hydrogen) atoms. The number of aromatic carboxylic acids is 1. The number of Topliss-reactive ketones (excluding diaryl/α,β-unsaturated/α-hetero) is 1. The molecule has 0 saturated carbocycles. The number of carbonyl (C=O) groups is 2. The van der Waals surface area contributed by atoms with Gasteiger partial charge in [-0.15, -0.1) is 0 Å². The predicted molar refractivity (Wildman–Crippen MR) is 102 cm³/mol. The third-order valence-corrected chi connectivity index (χ3v) is 3.91. The number of methoxy groups -OCH3 is 1. The van der Waals surface area contributed by atoms with Crippen molar-refractivity contribution in [2.75, 3.05) is 7.11 Å². The predicted octanol–water partition coefficient (Wildman–Crippen LogP) is 4.30. The fourth-order valence-corrected chi connectivity index (χ4v) is 2.58. The van der Waals surface area contributed by atoms with Crippen LogP contribution < -0.4 is 9.47 Å². The molecule has 2 rings (SSSR count). The summed E-state index contributed by atoms with van der Waals surface area (Å²) in [6.45, 7) is 5.23. The Hall–Kier alpha value is -3.28. The van der Waals surface area contributed by atoms with E-state index in [4.69, 9.17) is 14.6 Å². The summed E-state index contributed by atoms with van der Waals surface area (Å²) < 4.78 is 11.1. The smallest absolute Gasteiger partial charge is 0.335 e. The molecule has 6 heteroatoms. The minimum atomic E-state index is -1.05. The second-order valence-corrected chi connectivity index (χ2v) is 6.27. The quantitative estimate of drug-likeness (QED) is 0.706. The van der Waals surface area contributed by atoms with Crippen molar-refractivity contribution in [3.05, 3.63) is 58.2 Å². The lowest BCUT2D eigenvalue weighted by Gasteiger charge is -2.15. The third kappa shape index (κ3) is 4.67. The summed E-state index contributed by atoms with van der Waals surface area (Å²) in [7, 11) is 1.45. The molecular formula is C21H22O6. The van der Waals surface area contributed by atoms with Crippen molar-refractivity contribution in [3.8, 4) is 17.2 Å². The average Bonchev–Trinajstić information content (AvgIpc) is 2.61. The largest absolute Gasteiger partial charge is 0.506 e. The fraction of sp³-hybridized carbons (Fsp3) is 0.238. The standard InChI is InChI=1S/C21H22O6/c1-12(2)9-17-18(8-7-16(13(3)22)20(17)23)27-11-15-6-5-14(21(24)25)10-19(15)26-4/h5-10,23H,11H2,1-4H3,(H,24,25). The van der Waals surface area contributed by atoms with Crippen molar-refractivity contribution < 1.29 is 29.3 Å². The lowest BCUT2D eigenvalue weighted by atomic mass is 10.0. The van der Waals surface area contributed by atoms with Crippen molar-refractivity contribution in [2.24, 2.45) is 0 Å². The van der Waals surface area contributed by atoms with Gasteiger partial charge < -0.3 is 19.7 Å². The number of carbonyl (C=O) groups excluding carboxylic acids is 1. The topological polar surface area (TPSA) is 93.1 Å². The lowest BCUT2D eigenvalue weighted by Crippen LogP contribution is -2.04. The molecule has 0 atom stereocenters. The third-order valence-electron chi connectivity index (χ3n) is 3.91. The molecule has 0 fully saturated rings. The van der Waals surface area contributed by atoms with Gasteiger partial charge in [-0.25, -0.2) is 4.79 Å². The summed E-state index contributed by atoms with van der Waals surface area (Å²) in [5.41, 5.74) is 2.34. The zero-order valence-corrected chi connectivity index (χ0v) is 15.7. The van der Waals surface area contributed by atoms with Crippen molar-refractivity contribution >= 4 is 17.8 Å². The zero-order valence-electron chi connectivity index (χ0n) is 15.7. The maximum atomic E-state index is 11.7. The Morgan fingerprint density at radius 3 is 2.33 bits per heavy atom. The number of phenolic OH excluding ortho intramolecular Hbond substituents is 1. The molecule has 2 aromatic carbocycles. The summed E-state index contributed by atoms with van der Waals surface area (Å²) in [4.78, 5) is 22.8. The molecule has 142 valence electrons. The highest BCUT2D eigenvalue weighted by Crippen LogP contribution is 2.34. The summed E-state index contributed by atoms with van der Waals surface area (Å²) in [5, 5.41) is 19.5. The normalized spacial score (nSPS) is 10.2. The number of hydrogen-bond donors (Lipinski definition) is 2. The monoisotopic (exact) mass is 370 g/mol. The first kappa shape index (κ1) is 20.0. The maximum Gasteiger partial charge on any atom is 0.335 e. The van der Waals surface area contributed by atoms with E-state index in [0.29, 0.717) is 22.6 Å². The lowest BCUT2D eigenvalue weighted by molar-refractivity contribution is 0.0696. The number of benzene rings is 2. The number of phenols is 1.